The average Bonchev–Trinajstić information content (AvgIpc) is 3.10. The molecule has 0 saturated carbocycles. The first-order valence-corrected chi connectivity index (χ1v) is 10.5. The second kappa shape index (κ2) is 9.63. The zero-order valence-electron chi connectivity index (χ0n) is 17.6. The Labute approximate surface area is 172 Å². The summed E-state index contributed by atoms with van der Waals surface area (Å²) in [5.41, 5.74) is 3.32. The molecule has 0 unspecified atom stereocenters. The van der Waals surface area contributed by atoms with Crippen LogP contribution in [0.3, 0.4) is 0 Å². The first kappa shape index (κ1) is 21.0. The molecular weight excluding hydrogens is 366 g/mol. The highest BCUT2D eigenvalue weighted by Crippen LogP contribution is 2.32. The van der Waals surface area contributed by atoms with Gasteiger partial charge < -0.3 is 19.5 Å². The van der Waals surface area contributed by atoms with Crippen molar-refractivity contribution in [3.05, 3.63) is 59.4 Å². The van der Waals surface area contributed by atoms with E-state index in [-0.39, 0.29) is 24.5 Å². The number of fused-ring (bicyclic) bond motifs is 1. The fraction of sp³-hybridized carbons (Fsp3) is 0.478. The van der Waals surface area contributed by atoms with E-state index in [1.807, 2.05) is 35.2 Å². The molecule has 1 aliphatic rings. The maximum Gasteiger partial charge on any atom is 0.318 e. The van der Waals surface area contributed by atoms with E-state index in [9.17, 15) is 9.59 Å². The van der Waals surface area contributed by atoms with Crippen molar-refractivity contribution in [3.63, 3.8) is 0 Å². The lowest BCUT2D eigenvalue weighted by atomic mass is 10.0. The molecule has 1 aromatic carbocycles. The van der Waals surface area contributed by atoms with Gasteiger partial charge in [-0.3, -0.25) is 4.79 Å². The molecule has 0 spiro atoms. The fourth-order valence-electron chi connectivity index (χ4n) is 4.09. The number of amides is 2. The Morgan fingerprint density at radius 1 is 1.14 bits per heavy atom. The van der Waals surface area contributed by atoms with Crippen LogP contribution in [0.5, 0.6) is 0 Å². The minimum Gasteiger partial charge on any atom is -0.466 e. The predicted octanol–water partition coefficient (Wildman–Crippen LogP) is 4.36. The number of hydrogen-bond acceptors (Lipinski definition) is 3. The first-order valence-electron chi connectivity index (χ1n) is 10.5. The Balaban J connectivity index is 1.80. The normalized spacial score (nSPS) is 16.8. The van der Waals surface area contributed by atoms with Crippen LogP contribution in [-0.4, -0.2) is 34.6 Å². The number of urea groups is 1. The third-order valence-electron chi connectivity index (χ3n) is 5.51. The van der Waals surface area contributed by atoms with Gasteiger partial charge in [0.15, 0.2) is 0 Å². The van der Waals surface area contributed by atoms with Gasteiger partial charge in [0, 0.05) is 24.5 Å². The minimum atomic E-state index is -0.416. The molecule has 2 heterocycles. The Kier molecular flexibility index (Phi) is 6.96. The number of nitrogens with zero attached hydrogens (tertiary/aromatic N) is 2. The SMILES string of the molecule is CCC[C@H]1c2ccc(C)n2CCN1C(=O)N[C@@H](CC(=O)OCC)c1ccccc1. The van der Waals surface area contributed by atoms with Crippen molar-refractivity contribution in [2.24, 2.45) is 0 Å². The Morgan fingerprint density at radius 2 is 1.90 bits per heavy atom. The number of hydrogen-bond donors (Lipinski definition) is 1. The van der Waals surface area contributed by atoms with E-state index in [0.717, 1.165) is 24.9 Å². The molecule has 3 rings (SSSR count). The van der Waals surface area contributed by atoms with Gasteiger partial charge >= 0.3 is 12.0 Å². The number of ether oxygens (including phenoxy) is 1. The maximum atomic E-state index is 13.3. The number of aryl methyl sites for hydroxylation is 1. The molecule has 2 amide bonds. The third-order valence-corrected chi connectivity index (χ3v) is 5.51. The van der Waals surface area contributed by atoms with Crippen molar-refractivity contribution in [1.82, 2.24) is 14.8 Å². The standard InChI is InChI=1S/C23H31N3O3/c1-4-9-20-21-13-12-17(3)25(21)14-15-26(20)23(28)24-19(16-22(27)29-5-2)18-10-7-6-8-11-18/h6-8,10-13,19-20H,4-5,9,14-16H2,1-3H3,(H,24,28)/t19-,20-/m0/s1. The van der Waals surface area contributed by atoms with E-state index in [0.29, 0.717) is 13.2 Å². The van der Waals surface area contributed by atoms with Crippen LogP contribution in [0.1, 0.15) is 62.1 Å². The molecule has 29 heavy (non-hydrogen) atoms. The summed E-state index contributed by atoms with van der Waals surface area (Å²) in [5.74, 6) is -0.310. The molecule has 1 aromatic heterocycles. The summed E-state index contributed by atoms with van der Waals surface area (Å²) in [6.07, 6.45) is 2.01. The smallest absolute Gasteiger partial charge is 0.318 e. The fourth-order valence-corrected chi connectivity index (χ4v) is 4.09. The van der Waals surface area contributed by atoms with Gasteiger partial charge in [0.25, 0.3) is 0 Å². The van der Waals surface area contributed by atoms with Crippen LogP contribution in [-0.2, 0) is 16.1 Å². The minimum absolute atomic E-state index is 0.0430. The summed E-state index contributed by atoms with van der Waals surface area (Å²) in [7, 11) is 0. The number of carbonyl (C=O) groups excluding carboxylic acids is 2. The van der Waals surface area contributed by atoms with Gasteiger partial charge in [-0.2, -0.15) is 0 Å². The van der Waals surface area contributed by atoms with Gasteiger partial charge in [-0.05, 0) is 38.0 Å². The van der Waals surface area contributed by atoms with E-state index >= 15 is 0 Å². The quantitative estimate of drug-likeness (QED) is 0.706. The molecule has 0 radical (unpaired) electrons. The van der Waals surface area contributed by atoms with Crippen molar-refractivity contribution in [2.45, 2.75) is 58.7 Å². The molecule has 2 atom stereocenters. The van der Waals surface area contributed by atoms with E-state index in [4.69, 9.17) is 4.74 Å². The Bertz CT molecular complexity index is 831. The number of nitrogens with one attached hydrogen (secondary N) is 1. The second-order valence-electron chi connectivity index (χ2n) is 7.47. The van der Waals surface area contributed by atoms with Gasteiger partial charge in [-0.25, -0.2) is 4.79 Å². The highest BCUT2D eigenvalue weighted by Gasteiger charge is 2.32. The van der Waals surface area contributed by atoms with Crippen LogP contribution < -0.4 is 5.32 Å². The van der Waals surface area contributed by atoms with Crippen LogP contribution in [0.15, 0.2) is 42.5 Å². The highest BCUT2D eigenvalue weighted by molar-refractivity contribution is 5.77. The summed E-state index contributed by atoms with van der Waals surface area (Å²) in [6.45, 7) is 7.80. The van der Waals surface area contributed by atoms with Crippen LogP contribution in [0.25, 0.3) is 0 Å². The number of rotatable bonds is 7. The first-order chi connectivity index (χ1) is 14.0. The van der Waals surface area contributed by atoms with Crippen LogP contribution in [0.2, 0.25) is 0 Å². The molecule has 6 heteroatoms. The van der Waals surface area contributed by atoms with Crippen molar-refractivity contribution < 1.29 is 14.3 Å². The van der Waals surface area contributed by atoms with Crippen LogP contribution in [0.4, 0.5) is 4.79 Å². The molecule has 156 valence electrons. The lowest BCUT2D eigenvalue weighted by molar-refractivity contribution is -0.143. The lowest BCUT2D eigenvalue weighted by Gasteiger charge is -2.38. The molecule has 1 N–H and O–H groups in total. The largest absolute Gasteiger partial charge is 0.466 e. The zero-order chi connectivity index (χ0) is 20.8. The summed E-state index contributed by atoms with van der Waals surface area (Å²) >= 11 is 0. The lowest BCUT2D eigenvalue weighted by Crippen LogP contribution is -2.48. The van der Waals surface area contributed by atoms with E-state index in [1.54, 1.807) is 6.92 Å². The third kappa shape index (κ3) is 4.81. The summed E-state index contributed by atoms with van der Waals surface area (Å²) < 4.78 is 7.43. The molecule has 6 nitrogen and oxygen atoms in total. The van der Waals surface area contributed by atoms with E-state index in [1.165, 1.54) is 11.4 Å². The van der Waals surface area contributed by atoms with Gasteiger partial charge in [0.2, 0.25) is 0 Å². The topological polar surface area (TPSA) is 63.6 Å². The Hall–Kier alpha value is -2.76. The summed E-state index contributed by atoms with van der Waals surface area (Å²) in [5, 5.41) is 3.10. The molecule has 1 aliphatic heterocycles. The van der Waals surface area contributed by atoms with Crippen LogP contribution >= 0.6 is 0 Å². The van der Waals surface area contributed by atoms with Gasteiger partial charge in [0.1, 0.15) is 0 Å². The number of aromatic nitrogens is 1. The van der Waals surface area contributed by atoms with Crippen molar-refractivity contribution >= 4 is 12.0 Å². The highest BCUT2D eigenvalue weighted by atomic mass is 16.5. The second-order valence-corrected chi connectivity index (χ2v) is 7.47. The van der Waals surface area contributed by atoms with Gasteiger partial charge in [-0.15, -0.1) is 0 Å². The molecule has 0 fully saturated rings. The average molecular weight is 398 g/mol. The predicted molar refractivity (Wildman–Crippen MR) is 112 cm³/mol. The zero-order valence-corrected chi connectivity index (χ0v) is 17.6. The van der Waals surface area contributed by atoms with Gasteiger partial charge in [0.05, 0.1) is 25.1 Å². The number of benzene rings is 1. The van der Waals surface area contributed by atoms with Crippen molar-refractivity contribution in [2.75, 3.05) is 13.2 Å². The molecular formula is C23H31N3O3. The molecule has 0 bridgehead atoms. The van der Waals surface area contributed by atoms with Crippen LogP contribution in [0, 0.1) is 6.92 Å². The van der Waals surface area contributed by atoms with Crippen molar-refractivity contribution in [3.8, 4) is 0 Å². The van der Waals surface area contributed by atoms with Crippen molar-refractivity contribution in [1.29, 1.82) is 0 Å². The maximum absolute atomic E-state index is 13.3. The monoisotopic (exact) mass is 397 g/mol. The van der Waals surface area contributed by atoms with E-state index < -0.39 is 6.04 Å². The number of esters is 1. The van der Waals surface area contributed by atoms with Gasteiger partial charge in [-0.1, -0.05) is 43.7 Å². The van der Waals surface area contributed by atoms with E-state index in [2.05, 4.69) is 35.9 Å². The number of carbonyl (C=O) groups is 2. The molecule has 2 aromatic rings. The molecule has 0 saturated heterocycles. The summed E-state index contributed by atoms with van der Waals surface area (Å²) in [6, 6.07) is 13.3. The summed E-state index contributed by atoms with van der Waals surface area (Å²) in [4.78, 5) is 27.3. The Morgan fingerprint density at radius 3 is 2.59 bits per heavy atom. The molecule has 0 aliphatic carbocycles.